The normalized spacial score (nSPS) is 11.3. The molecule has 0 saturated carbocycles. The molecule has 2 aromatic carbocycles. The zero-order valence-corrected chi connectivity index (χ0v) is 16.2. The van der Waals surface area contributed by atoms with Gasteiger partial charge in [0.1, 0.15) is 0 Å². The van der Waals surface area contributed by atoms with Gasteiger partial charge in [0.05, 0.1) is 5.69 Å². The predicted molar refractivity (Wildman–Crippen MR) is 108 cm³/mol. The van der Waals surface area contributed by atoms with Crippen LogP contribution in [-0.2, 0) is 6.54 Å². The van der Waals surface area contributed by atoms with E-state index in [0.717, 1.165) is 33.5 Å². The van der Waals surface area contributed by atoms with E-state index in [0.29, 0.717) is 6.04 Å². The number of hydrogen-bond donors (Lipinski definition) is 1. The standard InChI is InChI=1S/C21H22Cl2N2/c1-14(2)24-13-17-12-21(16-4-6-18(22)7-5-16)25(15(17)3)20-10-8-19(23)9-11-20/h4-12,14,24H,13H2,1-3H3. The molecular weight excluding hydrogens is 351 g/mol. The van der Waals surface area contributed by atoms with E-state index in [9.17, 15) is 0 Å². The third kappa shape index (κ3) is 4.09. The Balaban J connectivity index is 2.12. The summed E-state index contributed by atoms with van der Waals surface area (Å²) < 4.78 is 2.27. The van der Waals surface area contributed by atoms with E-state index in [1.54, 1.807) is 0 Å². The van der Waals surface area contributed by atoms with E-state index < -0.39 is 0 Å². The Morgan fingerprint density at radius 3 is 2.04 bits per heavy atom. The van der Waals surface area contributed by atoms with E-state index in [2.05, 4.69) is 61.0 Å². The van der Waals surface area contributed by atoms with Crippen LogP contribution in [0.2, 0.25) is 10.0 Å². The predicted octanol–water partition coefficient (Wildman–Crippen LogP) is 6.26. The van der Waals surface area contributed by atoms with Crippen LogP contribution in [0.4, 0.5) is 0 Å². The van der Waals surface area contributed by atoms with E-state index in [4.69, 9.17) is 23.2 Å². The summed E-state index contributed by atoms with van der Waals surface area (Å²) in [5, 5.41) is 4.99. The van der Waals surface area contributed by atoms with Crippen LogP contribution in [0.15, 0.2) is 54.6 Å². The third-order valence-corrected chi connectivity index (χ3v) is 4.78. The first-order valence-electron chi connectivity index (χ1n) is 8.42. The lowest BCUT2D eigenvalue weighted by Crippen LogP contribution is -2.22. The molecule has 0 spiro atoms. The van der Waals surface area contributed by atoms with Gasteiger partial charge in [0.15, 0.2) is 0 Å². The first-order valence-corrected chi connectivity index (χ1v) is 9.18. The van der Waals surface area contributed by atoms with Crippen molar-refractivity contribution in [1.82, 2.24) is 9.88 Å². The Hall–Kier alpha value is -1.74. The second-order valence-corrected chi connectivity index (χ2v) is 7.37. The molecule has 0 radical (unpaired) electrons. The second-order valence-electron chi connectivity index (χ2n) is 6.49. The molecule has 1 aromatic heterocycles. The molecule has 0 aliphatic carbocycles. The van der Waals surface area contributed by atoms with Crippen LogP contribution in [0.1, 0.15) is 25.1 Å². The highest BCUT2D eigenvalue weighted by Crippen LogP contribution is 2.30. The first kappa shape index (κ1) is 18.1. The number of rotatable bonds is 5. The van der Waals surface area contributed by atoms with Crippen LogP contribution >= 0.6 is 23.2 Å². The zero-order chi connectivity index (χ0) is 18.0. The molecule has 0 aliphatic rings. The van der Waals surface area contributed by atoms with Crippen molar-refractivity contribution < 1.29 is 0 Å². The van der Waals surface area contributed by atoms with Gasteiger partial charge >= 0.3 is 0 Å². The van der Waals surface area contributed by atoms with Crippen LogP contribution in [0.25, 0.3) is 16.9 Å². The molecule has 0 bridgehead atoms. The fourth-order valence-corrected chi connectivity index (χ4v) is 3.16. The Morgan fingerprint density at radius 2 is 1.48 bits per heavy atom. The molecular formula is C21H22Cl2N2. The van der Waals surface area contributed by atoms with Crippen molar-refractivity contribution in [3.63, 3.8) is 0 Å². The molecule has 0 saturated heterocycles. The van der Waals surface area contributed by atoms with Gasteiger partial charge in [0, 0.05) is 34.0 Å². The fraction of sp³-hybridized carbons (Fsp3) is 0.238. The van der Waals surface area contributed by atoms with Gasteiger partial charge in [-0.25, -0.2) is 0 Å². The summed E-state index contributed by atoms with van der Waals surface area (Å²) in [5.41, 5.74) is 5.90. The van der Waals surface area contributed by atoms with Crippen molar-refractivity contribution in [2.45, 2.75) is 33.4 Å². The fourth-order valence-electron chi connectivity index (χ4n) is 2.91. The number of hydrogen-bond acceptors (Lipinski definition) is 1. The molecule has 130 valence electrons. The molecule has 1 heterocycles. The molecule has 2 nitrogen and oxygen atoms in total. The minimum atomic E-state index is 0.442. The smallest absolute Gasteiger partial charge is 0.0534 e. The van der Waals surface area contributed by atoms with Crippen molar-refractivity contribution in [2.75, 3.05) is 0 Å². The maximum atomic E-state index is 6.07. The van der Waals surface area contributed by atoms with Crippen LogP contribution in [0, 0.1) is 6.92 Å². The molecule has 3 aromatic rings. The molecule has 0 fully saturated rings. The first-order chi connectivity index (χ1) is 12.0. The summed E-state index contributed by atoms with van der Waals surface area (Å²) in [5.74, 6) is 0. The van der Waals surface area contributed by atoms with Gasteiger partial charge in [-0.1, -0.05) is 49.2 Å². The van der Waals surface area contributed by atoms with Crippen molar-refractivity contribution in [3.05, 3.63) is 75.9 Å². The molecule has 25 heavy (non-hydrogen) atoms. The zero-order valence-electron chi connectivity index (χ0n) is 14.7. The van der Waals surface area contributed by atoms with E-state index in [-0.39, 0.29) is 0 Å². The van der Waals surface area contributed by atoms with Gasteiger partial charge in [-0.15, -0.1) is 0 Å². The molecule has 0 aliphatic heterocycles. The van der Waals surface area contributed by atoms with E-state index in [1.807, 2.05) is 24.3 Å². The van der Waals surface area contributed by atoms with Gasteiger partial charge < -0.3 is 9.88 Å². The summed E-state index contributed by atoms with van der Waals surface area (Å²) in [4.78, 5) is 0. The molecule has 4 heteroatoms. The number of nitrogens with one attached hydrogen (secondary N) is 1. The maximum absolute atomic E-state index is 6.07. The minimum absolute atomic E-state index is 0.442. The lowest BCUT2D eigenvalue weighted by Gasteiger charge is -2.13. The second kappa shape index (κ2) is 7.65. The third-order valence-electron chi connectivity index (χ3n) is 4.28. The van der Waals surface area contributed by atoms with Gasteiger partial charge in [-0.05, 0) is 60.5 Å². The number of nitrogens with zero attached hydrogens (tertiary/aromatic N) is 1. The molecule has 0 amide bonds. The number of benzene rings is 2. The Kier molecular flexibility index (Phi) is 5.53. The molecule has 0 unspecified atom stereocenters. The highest BCUT2D eigenvalue weighted by atomic mass is 35.5. The van der Waals surface area contributed by atoms with Crippen LogP contribution in [-0.4, -0.2) is 10.6 Å². The Bertz CT molecular complexity index is 847. The summed E-state index contributed by atoms with van der Waals surface area (Å²) in [6.45, 7) is 7.31. The van der Waals surface area contributed by atoms with Crippen LogP contribution < -0.4 is 5.32 Å². The van der Waals surface area contributed by atoms with Crippen molar-refractivity contribution in [1.29, 1.82) is 0 Å². The quantitative estimate of drug-likeness (QED) is 0.559. The topological polar surface area (TPSA) is 17.0 Å². The highest BCUT2D eigenvalue weighted by molar-refractivity contribution is 6.30. The minimum Gasteiger partial charge on any atom is -0.314 e. The summed E-state index contributed by atoms with van der Waals surface area (Å²) in [6.07, 6.45) is 0. The van der Waals surface area contributed by atoms with Gasteiger partial charge in [0.2, 0.25) is 0 Å². The van der Waals surface area contributed by atoms with Crippen LogP contribution in [0.3, 0.4) is 0 Å². The van der Waals surface area contributed by atoms with Crippen molar-refractivity contribution in [3.8, 4) is 16.9 Å². The van der Waals surface area contributed by atoms with E-state index in [1.165, 1.54) is 11.3 Å². The van der Waals surface area contributed by atoms with Gasteiger partial charge in [-0.3, -0.25) is 0 Å². The average Bonchev–Trinajstić information content (AvgIpc) is 2.91. The van der Waals surface area contributed by atoms with Crippen molar-refractivity contribution >= 4 is 23.2 Å². The SMILES string of the molecule is Cc1c(CNC(C)C)cc(-c2ccc(Cl)cc2)n1-c1ccc(Cl)cc1. The monoisotopic (exact) mass is 372 g/mol. The van der Waals surface area contributed by atoms with Gasteiger partial charge in [0.25, 0.3) is 0 Å². The lowest BCUT2D eigenvalue weighted by molar-refractivity contribution is 0.587. The van der Waals surface area contributed by atoms with Crippen molar-refractivity contribution in [2.24, 2.45) is 0 Å². The Labute approximate surface area is 159 Å². The lowest BCUT2D eigenvalue weighted by atomic mass is 10.1. The highest BCUT2D eigenvalue weighted by Gasteiger charge is 2.15. The maximum Gasteiger partial charge on any atom is 0.0534 e. The van der Waals surface area contributed by atoms with Gasteiger partial charge in [-0.2, -0.15) is 0 Å². The summed E-state index contributed by atoms with van der Waals surface area (Å²) in [7, 11) is 0. The van der Waals surface area contributed by atoms with E-state index >= 15 is 0 Å². The molecule has 1 N–H and O–H groups in total. The average molecular weight is 373 g/mol. The van der Waals surface area contributed by atoms with Crippen LogP contribution in [0.5, 0.6) is 0 Å². The molecule has 0 atom stereocenters. The summed E-state index contributed by atoms with van der Waals surface area (Å²) in [6, 6.07) is 18.6. The summed E-state index contributed by atoms with van der Waals surface area (Å²) >= 11 is 12.1. The number of halogens is 2. The Morgan fingerprint density at radius 1 is 0.920 bits per heavy atom. The molecule has 3 rings (SSSR count). The number of aromatic nitrogens is 1. The largest absolute Gasteiger partial charge is 0.314 e.